The van der Waals surface area contributed by atoms with Crippen molar-refractivity contribution in [2.45, 2.75) is 12.5 Å². The molecule has 3 aliphatic heterocycles. The third-order valence-corrected chi connectivity index (χ3v) is 5.14. The quantitative estimate of drug-likeness (QED) is 0.690. The molecule has 0 unspecified atom stereocenters. The molecule has 0 aromatic heterocycles. The van der Waals surface area contributed by atoms with Gasteiger partial charge in [0, 0.05) is 20.0 Å². The molecule has 24 heavy (non-hydrogen) atoms. The first-order valence-corrected chi connectivity index (χ1v) is 7.72. The topological polar surface area (TPSA) is 79.0 Å². The van der Waals surface area contributed by atoms with E-state index in [2.05, 4.69) is 5.32 Å². The van der Waals surface area contributed by atoms with Crippen molar-refractivity contribution in [3.8, 4) is 0 Å². The summed E-state index contributed by atoms with van der Waals surface area (Å²) in [5, 5.41) is 2.25. The van der Waals surface area contributed by atoms with E-state index >= 15 is 0 Å². The number of benzene rings is 1. The molecule has 126 valence electrons. The molecule has 3 heterocycles. The summed E-state index contributed by atoms with van der Waals surface area (Å²) in [7, 11) is 1.33. The van der Waals surface area contributed by atoms with E-state index in [4.69, 9.17) is 4.74 Å². The second-order valence-corrected chi connectivity index (χ2v) is 6.30. The highest BCUT2D eigenvalue weighted by Gasteiger charge is 2.62. The van der Waals surface area contributed by atoms with Crippen LogP contribution in [0, 0.1) is 11.2 Å². The zero-order chi connectivity index (χ0) is 17.1. The number of imide groups is 2. The van der Waals surface area contributed by atoms with Crippen molar-refractivity contribution in [1.82, 2.24) is 10.2 Å². The number of morpholine rings is 1. The summed E-state index contributed by atoms with van der Waals surface area (Å²) in [5.41, 5.74) is -0.500. The monoisotopic (exact) mass is 333 g/mol. The van der Waals surface area contributed by atoms with Crippen LogP contribution in [0.4, 0.5) is 14.9 Å². The summed E-state index contributed by atoms with van der Waals surface area (Å²) in [5.74, 6) is -1.61. The van der Waals surface area contributed by atoms with Crippen molar-refractivity contribution in [3.05, 3.63) is 29.6 Å². The second kappa shape index (κ2) is 5.01. The van der Waals surface area contributed by atoms with Gasteiger partial charge in [0.25, 0.3) is 0 Å². The number of ether oxygens (including phenoxy) is 1. The van der Waals surface area contributed by atoms with Gasteiger partial charge >= 0.3 is 6.03 Å². The molecule has 2 fully saturated rings. The molecule has 0 saturated carbocycles. The SMILES string of the molecule is CN1C(=O)NC(=O)[C@]2(Cc3cccc(F)c3N3CCOC[C@@H]32)C1=O. The van der Waals surface area contributed by atoms with Crippen LogP contribution >= 0.6 is 0 Å². The number of hydrogen-bond donors (Lipinski definition) is 1. The Morgan fingerprint density at radius 3 is 2.92 bits per heavy atom. The summed E-state index contributed by atoms with van der Waals surface area (Å²) in [6.45, 7) is 0.873. The molecular formula is C16H16FN3O4. The summed E-state index contributed by atoms with van der Waals surface area (Å²) in [6, 6.07) is 3.23. The van der Waals surface area contributed by atoms with Crippen LogP contribution < -0.4 is 10.2 Å². The number of barbiturate groups is 1. The lowest BCUT2D eigenvalue weighted by molar-refractivity contribution is -0.155. The molecule has 0 radical (unpaired) electrons. The number of anilines is 1. The predicted molar refractivity (Wildman–Crippen MR) is 80.8 cm³/mol. The maximum Gasteiger partial charge on any atom is 0.330 e. The van der Waals surface area contributed by atoms with Crippen LogP contribution in [-0.4, -0.2) is 55.6 Å². The van der Waals surface area contributed by atoms with Gasteiger partial charge in [-0.25, -0.2) is 9.18 Å². The molecule has 1 aromatic carbocycles. The minimum atomic E-state index is -1.50. The molecule has 2 atom stereocenters. The highest BCUT2D eigenvalue weighted by molar-refractivity contribution is 6.20. The third-order valence-electron chi connectivity index (χ3n) is 5.14. The Morgan fingerprint density at radius 2 is 2.12 bits per heavy atom. The molecule has 3 aliphatic rings. The highest BCUT2D eigenvalue weighted by atomic mass is 19.1. The molecule has 1 aromatic rings. The number of carbonyl (C=O) groups excluding carboxylic acids is 3. The number of amides is 4. The Labute approximate surface area is 137 Å². The Kier molecular flexibility index (Phi) is 3.14. The summed E-state index contributed by atoms with van der Waals surface area (Å²) < 4.78 is 19.9. The summed E-state index contributed by atoms with van der Waals surface area (Å²) >= 11 is 0. The Hall–Kier alpha value is -2.48. The van der Waals surface area contributed by atoms with Crippen LogP contribution in [-0.2, 0) is 20.7 Å². The van der Waals surface area contributed by atoms with Gasteiger partial charge in [-0.1, -0.05) is 12.1 Å². The maximum absolute atomic E-state index is 14.4. The van der Waals surface area contributed by atoms with Crippen molar-refractivity contribution in [2.24, 2.45) is 5.41 Å². The zero-order valence-corrected chi connectivity index (χ0v) is 13.0. The van der Waals surface area contributed by atoms with E-state index in [1.54, 1.807) is 17.0 Å². The van der Waals surface area contributed by atoms with Gasteiger partial charge < -0.3 is 9.64 Å². The number of nitrogens with one attached hydrogen (secondary N) is 1. The standard InChI is InChI=1S/C16H16FN3O4/c1-19-14(22)16(13(21)18-15(19)23)7-9-3-2-4-10(17)12(9)20-5-6-24-8-11(16)20/h2-4,11H,5-8H2,1H3,(H,18,21,23)/t11-,16-/m1/s1. The maximum atomic E-state index is 14.4. The van der Waals surface area contributed by atoms with Gasteiger partial charge in [0.05, 0.1) is 24.9 Å². The van der Waals surface area contributed by atoms with Crippen molar-refractivity contribution < 1.29 is 23.5 Å². The minimum Gasteiger partial charge on any atom is -0.377 e. The van der Waals surface area contributed by atoms with Gasteiger partial charge in [0.2, 0.25) is 11.8 Å². The summed E-state index contributed by atoms with van der Waals surface area (Å²) in [4.78, 5) is 40.1. The number of halogens is 1. The smallest absolute Gasteiger partial charge is 0.330 e. The average Bonchev–Trinajstić information content (AvgIpc) is 2.58. The van der Waals surface area contributed by atoms with Gasteiger partial charge in [-0.05, 0) is 11.6 Å². The number of para-hydroxylation sites is 1. The van der Waals surface area contributed by atoms with Gasteiger partial charge in [0.15, 0.2) is 5.41 Å². The number of hydrogen-bond acceptors (Lipinski definition) is 5. The number of nitrogens with zero attached hydrogens (tertiary/aromatic N) is 2. The van der Waals surface area contributed by atoms with Gasteiger partial charge in [-0.3, -0.25) is 19.8 Å². The summed E-state index contributed by atoms with van der Waals surface area (Å²) in [6.07, 6.45) is 0.0346. The van der Waals surface area contributed by atoms with E-state index in [0.717, 1.165) is 4.90 Å². The van der Waals surface area contributed by atoms with Gasteiger partial charge in [-0.15, -0.1) is 0 Å². The molecule has 4 amide bonds. The molecule has 1 N–H and O–H groups in total. The number of rotatable bonds is 0. The average molecular weight is 333 g/mol. The molecule has 0 aliphatic carbocycles. The van der Waals surface area contributed by atoms with Crippen molar-refractivity contribution in [2.75, 3.05) is 31.7 Å². The van der Waals surface area contributed by atoms with Crippen LogP contribution in [0.15, 0.2) is 18.2 Å². The fourth-order valence-electron chi connectivity index (χ4n) is 3.95. The van der Waals surface area contributed by atoms with E-state index < -0.39 is 29.3 Å². The van der Waals surface area contributed by atoms with Crippen molar-refractivity contribution >= 4 is 23.5 Å². The largest absolute Gasteiger partial charge is 0.377 e. The van der Waals surface area contributed by atoms with E-state index in [9.17, 15) is 18.8 Å². The molecule has 8 heteroatoms. The van der Waals surface area contributed by atoms with Crippen LogP contribution in [0.1, 0.15) is 5.56 Å². The first-order valence-electron chi connectivity index (χ1n) is 7.72. The molecule has 4 rings (SSSR count). The highest BCUT2D eigenvalue weighted by Crippen LogP contribution is 2.45. The fourth-order valence-corrected chi connectivity index (χ4v) is 3.95. The second-order valence-electron chi connectivity index (χ2n) is 6.30. The Balaban J connectivity index is 1.92. The number of fused-ring (bicyclic) bond motifs is 4. The molecule has 2 saturated heterocycles. The Morgan fingerprint density at radius 1 is 1.33 bits per heavy atom. The van der Waals surface area contributed by atoms with E-state index in [1.807, 2.05) is 0 Å². The van der Waals surface area contributed by atoms with Crippen molar-refractivity contribution in [3.63, 3.8) is 0 Å². The lowest BCUT2D eigenvalue weighted by Crippen LogP contribution is -2.73. The number of urea groups is 1. The van der Waals surface area contributed by atoms with E-state index in [1.165, 1.54) is 13.1 Å². The van der Waals surface area contributed by atoms with Crippen LogP contribution in [0.25, 0.3) is 0 Å². The lowest BCUT2D eigenvalue weighted by atomic mass is 9.68. The fraction of sp³-hybridized carbons (Fsp3) is 0.438. The molecule has 7 nitrogen and oxygen atoms in total. The van der Waals surface area contributed by atoms with Gasteiger partial charge in [0.1, 0.15) is 5.82 Å². The van der Waals surface area contributed by atoms with Crippen LogP contribution in [0.2, 0.25) is 0 Å². The van der Waals surface area contributed by atoms with Crippen LogP contribution in [0.5, 0.6) is 0 Å². The zero-order valence-electron chi connectivity index (χ0n) is 13.0. The van der Waals surface area contributed by atoms with E-state index in [0.29, 0.717) is 24.4 Å². The molecular weight excluding hydrogens is 317 g/mol. The first-order chi connectivity index (χ1) is 11.5. The van der Waals surface area contributed by atoms with Gasteiger partial charge in [-0.2, -0.15) is 0 Å². The van der Waals surface area contributed by atoms with E-state index in [-0.39, 0.29) is 18.8 Å². The predicted octanol–water partition coefficient (Wildman–Crippen LogP) is 0.282. The number of carbonyl (C=O) groups is 3. The molecule has 1 spiro atoms. The lowest BCUT2D eigenvalue weighted by Gasteiger charge is -2.52. The van der Waals surface area contributed by atoms with Crippen molar-refractivity contribution in [1.29, 1.82) is 0 Å². The normalized spacial score (nSPS) is 29.4. The molecule has 0 bridgehead atoms. The minimum absolute atomic E-state index is 0.0346. The first kappa shape index (κ1) is 15.1. The Bertz CT molecular complexity index is 768. The van der Waals surface area contributed by atoms with Crippen LogP contribution in [0.3, 0.4) is 0 Å². The third kappa shape index (κ3) is 1.77.